The van der Waals surface area contributed by atoms with Crippen LogP contribution in [-0.2, 0) is 4.79 Å². The number of likely N-dealkylation sites (N-methyl/N-ethyl adjacent to an activating group) is 1. The summed E-state index contributed by atoms with van der Waals surface area (Å²) in [6.07, 6.45) is 7.73. The Bertz CT molecular complexity index is 287. The van der Waals surface area contributed by atoms with Gasteiger partial charge < -0.3 is 10.2 Å². The lowest BCUT2D eigenvalue weighted by molar-refractivity contribution is -0.144. The van der Waals surface area contributed by atoms with Crippen LogP contribution in [-0.4, -0.2) is 61.0 Å². The molecular formula is C15H29N3O. The van der Waals surface area contributed by atoms with Crippen molar-refractivity contribution in [1.29, 1.82) is 0 Å². The number of nitrogens with zero attached hydrogens (tertiary/aromatic N) is 2. The van der Waals surface area contributed by atoms with Gasteiger partial charge in [-0.25, -0.2) is 0 Å². The summed E-state index contributed by atoms with van der Waals surface area (Å²) in [7, 11) is 1.97. The van der Waals surface area contributed by atoms with Gasteiger partial charge in [0.05, 0.1) is 6.04 Å². The van der Waals surface area contributed by atoms with Crippen molar-refractivity contribution in [2.24, 2.45) is 0 Å². The van der Waals surface area contributed by atoms with Crippen LogP contribution in [0.3, 0.4) is 0 Å². The summed E-state index contributed by atoms with van der Waals surface area (Å²) < 4.78 is 0. The average molecular weight is 267 g/mol. The first-order chi connectivity index (χ1) is 9.24. The summed E-state index contributed by atoms with van der Waals surface area (Å²) in [6.45, 7) is 5.96. The Balaban J connectivity index is 1.92. The zero-order valence-corrected chi connectivity index (χ0v) is 12.5. The van der Waals surface area contributed by atoms with Crippen LogP contribution in [0.5, 0.6) is 0 Å². The van der Waals surface area contributed by atoms with Gasteiger partial charge in [-0.15, -0.1) is 0 Å². The molecule has 1 N–H and O–H groups in total. The third-order valence-electron chi connectivity index (χ3n) is 4.73. The standard InChI is InChI=1S/C15H29N3O/c1-13-15(19)18(12-11-17(13)10-9-16-2)14-7-5-3-4-6-8-14/h13-14,16H,3-12H2,1-2H3. The highest BCUT2D eigenvalue weighted by atomic mass is 16.2. The lowest BCUT2D eigenvalue weighted by Crippen LogP contribution is -2.59. The van der Waals surface area contributed by atoms with Gasteiger partial charge in [-0.1, -0.05) is 25.7 Å². The maximum atomic E-state index is 12.6. The van der Waals surface area contributed by atoms with E-state index in [2.05, 4.69) is 22.0 Å². The molecule has 110 valence electrons. The predicted octanol–water partition coefficient (Wildman–Crippen LogP) is 1.46. The molecule has 0 aromatic rings. The first-order valence-electron chi connectivity index (χ1n) is 7.93. The topological polar surface area (TPSA) is 35.6 Å². The van der Waals surface area contributed by atoms with E-state index in [1.807, 2.05) is 7.05 Å². The Labute approximate surface area is 117 Å². The zero-order chi connectivity index (χ0) is 13.7. The molecule has 2 aliphatic rings. The highest BCUT2D eigenvalue weighted by Crippen LogP contribution is 2.24. The van der Waals surface area contributed by atoms with Crippen molar-refractivity contribution in [2.75, 3.05) is 33.2 Å². The van der Waals surface area contributed by atoms with Gasteiger partial charge in [0.25, 0.3) is 0 Å². The smallest absolute Gasteiger partial charge is 0.239 e. The van der Waals surface area contributed by atoms with Gasteiger partial charge in [0.15, 0.2) is 0 Å². The van der Waals surface area contributed by atoms with Gasteiger partial charge in [0.1, 0.15) is 0 Å². The summed E-state index contributed by atoms with van der Waals surface area (Å²) in [5.74, 6) is 0.356. The highest BCUT2D eigenvalue weighted by molar-refractivity contribution is 5.82. The van der Waals surface area contributed by atoms with Crippen molar-refractivity contribution in [3.8, 4) is 0 Å². The molecule has 0 aromatic carbocycles. The lowest BCUT2D eigenvalue weighted by Gasteiger charge is -2.42. The Morgan fingerprint density at radius 2 is 1.84 bits per heavy atom. The second-order valence-corrected chi connectivity index (χ2v) is 5.99. The van der Waals surface area contributed by atoms with Gasteiger partial charge >= 0.3 is 0 Å². The Morgan fingerprint density at radius 3 is 2.47 bits per heavy atom. The lowest BCUT2D eigenvalue weighted by atomic mass is 10.0. The molecular weight excluding hydrogens is 238 g/mol. The Morgan fingerprint density at radius 1 is 1.16 bits per heavy atom. The third kappa shape index (κ3) is 3.69. The molecule has 1 unspecified atom stereocenters. The first-order valence-corrected chi connectivity index (χ1v) is 7.93. The van der Waals surface area contributed by atoms with Gasteiger partial charge in [0, 0.05) is 32.2 Å². The monoisotopic (exact) mass is 267 g/mol. The molecule has 4 nitrogen and oxygen atoms in total. The van der Waals surface area contributed by atoms with Crippen molar-refractivity contribution in [1.82, 2.24) is 15.1 Å². The van der Waals surface area contributed by atoms with Crippen molar-refractivity contribution in [3.05, 3.63) is 0 Å². The molecule has 1 aliphatic heterocycles. The Kier molecular flexibility index (Phi) is 5.64. The van der Waals surface area contributed by atoms with Gasteiger partial charge in [-0.05, 0) is 26.8 Å². The van der Waals surface area contributed by atoms with Gasteiger partial charge in [0.2, 0.25) is 5.91 Å². The second-order valence-electron chi connectivity index (χ2n) is 5.99. The van der Waals surface area contributed by atoms with Crippen LogP contribution < -0.4 is 5.32 Å². The number of rotatable bonds is 4. The fourth-order valence-corrected chi connectivity index (χ4v) is 3.43. The van der Waals surface area contributed by atoms with E-state index in [1.165, 1.54) is 38.5 Å². The van der Waals surface area contributed by atoms with E-state index < -0.39 is 0 Å². The van der Waals surface area contributed by atoms with Crippen molar-refractivity contribution < 1.29 is 4.79 Å². The molecule has 4 heteroatoms. The molecule has 0 bridgehead atoms. The summed E-state index contributed by atoms with van der Waals surface area (Å²) in [4.78, 5) is 17.1. The number of hydrogen-bond donors (Lipinski definition) is 1. The van der Waals surface area contributed by atoms with Gasteiger partial charge in [-0.3, -0.25) is 9.69 Å². The number of hydrogen-bond acceptors (Lipinski definition) is 3. The van der Waals surface area contributed by atoms with E-state index in [1.54, 1.807) is 0 Å². The fourth-order valence-electron chi connectivity index (χ4n) is 3.43. The number of amides is 1. The molecule has 19 heavy (non-hydrogen) atoms. The average Bonchev–Trinajstić information content (AvgIpc) is 2.69. The van der Waals surface area contributed by atoms with Crippen LogP contribution >= 0.6 is 0 Å². The molecule has 2 fully saturated rings. The molecule has 1 saturated carbocycles. The molecule has 1 amide bonds. The maximum Gasteiger partial charge on any atom is 0.239 e. The largest absolute Gasteiger partial charge is 0.337 e. The van der Waals surface area contributed by atoms with Crippen LogP contribution in [0.2, 0.25) is 0 Å². The normalized spacial score (nSPS) is 27.6. The van der Waals surface area contributed by atoms with E-state index in [9.17, 15) is 4.79 Å². The predicted molar refractivity (Wildman–Crippen MR) is 78.2 cm³/mol. The minimum absolute atomic E-state index is 0.0605. The molecule has 2 rings (SSSR count). The SMILES string of the molecule is CNCCN1CCN(C2CCCCCC2)C(=O)C1C. The number of carbonyl (C=O) groups is 1. The first kappa shape index (κ1) is 14.8. The summed E-state index contributed by atoms with van der Waals surface area (Å²) in [5.41, 5.74) is 0. The molecule has 0 aromatic heterocycles. The van der Waals surface area contributed by atoms with E-state index in [0.717, 1.165) is 26.2 Å². The minimum Gasteiger partial charge on any atom is -0.337 e. The number of piperazine rings is 1. The maximum absolute atomic E-state index is 12.6. The Hall–Kier alpha value is -0.610. The van der Waals surface area contributed by atoms with E-state index in [0.29, 0.717) is 11.9 Å². The van der Waals surface area contributed by atoms with E-state index in [-0.39, 0.29) is 6.04 Å². The van der Waals surface area contributed by atoms with Gasteiger partial charge in [-0.2, -0.15) is 0 Å². The summed E-state index contributed by atoms with van der Waals surface area (Å²) >= 11 is 0. The van der Waals surface area contributed by atoms with Crippen molar-refractivity contribution >= 4 is 5.91 Å². The number of nitrogens with one attached hydrogen (secondary N) is 1. The zero-order valence-electron chi connectivity index (χ0n) is 12.5. The summed E-state index contributed by atoms with van der Waals surface area (Å²) in [6, 6.07) is 0.578. The van der Waals surface area contributed by atoms with Crippen molar-refractivity contribution in [3.63, 3.8) is 0 Å². The van der Waals surface area contributed by atoms with Crippen LogP contribution in [0.1, 0.15) is 45.4 Å². The third-order valence-corrected chi connectivity index (χ3v) is 4.73. The van der Waals surface area contributed by atoms with Crippen molar-refractivity contribution in [2.45, 2.75) is 57.5 Å². The summed E-state index contributed by atoms with van der Waals surface area (Å²) in [5, 5.41) is 3.17. The van der Waals surface area contributed by atoms with Crippen LogP contribution in [0.25, 0.3) is 0 Å². The van der Waals surface area contributed by atoms with Crippen LogP contribution in [0.4, 0.5) is 0 Å². The quantitative estimate of drug-likeness (QED) is 0.783. The molecule has 1 saturated heterocycles. The molecule has 0 spiro atoms. The van der Waals surface area contributed by atoms with E-state index in [4.69, 9.17) is 0 Å². The molecule has 0 radical (unpaired) electrons. The van der Waals surface area contributed by atoms with Crippen LogP contribution in [0.15, 0.2) is 0 Å². The highest BCUT2D eigenvalue weighted by Gasteiger charge is 2.34. The molecule has 1 atom stereocenters. The fraction of sp³-hybridized carbons (Fsp3) is 0.933. The van der Waals surface area contributed by atoms with Crippen LogP contribution in [0, 0.1) is 0 Å². The number of carbonyl (C=O) groups excluding carboxylic acids is 1. The molecule has 1 heterocycles. The van der Waals surface area contributed by atoms with E-state index >= 15 is 0 Å². The minimum atomic E-state index is 0.0605. The second kappa shape index (κ2) is 7.25. The molecule has 1 aliphatic carbocycles.